The van der Waals surface area contributed by atoms with Crippen LogP contribution in [0.25, 0.3) is 0 Å². The predicted molar refractivity (Wildman–Crippen MR) is 72.0 cm³/mol. The Morgan fingerprint density at radius 3 is 2.24 bits per heavy atom. The number of nitrogens with one attached hydrogen (secondary N) is 1. The van der Waals surface area contributed by atoms with Gasteiger partial charge in [-0.2, -0.15) is 0 Å². The van der Waals surface area contributed by atoms with E-state index in [2.05, 4.69) is 37.2 Å². The molecule has 1 aromatic rings. The summed E-state index contributed by atoms with van der Waals surface area (Å²) in [5.74, 6) is -1.67. The first kappa shape index (κ1) is 13.9. The molecule has 0 radical (unpaired) electrons. The smallest absolute Gasteiger partial charge is 0.328 e. The summed E-state index contributed by atoms with van der Waals surface area (Å²) in [6, 6.07) is 3.70. The van der Waals surface area contributed by atoms with Crippen LogP contribution in [0.4, 0.5) is 5.69 Å². The quantitative estimate of drug-likeness (QED) is 0.812. The van der Waals surface area contributed by atoms with Crippen molar-refractivity contribution < 1.29 is 14.7 Å². The Hall–Kier alpha value is -1.14. The van der Waals surface area contributed by atoms with Crippen molar-refractivity contribution in [2.24, 2.45) is 0 Å². The Labute approximate surface area is 115 Å². The second-order valence-electron chi connectivity index (χ2n) is 3.26. The number of hydrogen-bond acceptors (Lipinski definition) is 2. The summed E-state index contributed by atoms with van der Waals surface area (Å²) in [6.45, 7) is 1.92. The van der Waals surface area contributed by atoms with Gasteiger partial charge in [-0.25, -0.2) is 4.79 Å². The maximum atomic E-state index is 11.4. The van der Waals surface area contributed by atoms with Gasteiger partial charge in [0.25, 0.3) is 0 Å². The molecule has 1 rings (SSSR count). The minimum atomic E-state index is -1.16. The van der Waals surface area contributed by atoms with Crippen molar-refractivity contribution in [1.29, 1.82) is 0 Å². The Morgan fingerprint density at radius 1 is 1.24 bits per heavy atom. The third-order valence-corrected chi connectivity index (χ3v) is 3.06. The van der Waals surface area contributed by atoms with Crippen LogP contribution in [0.3, 0.4) is 0 Å². The maximum Gasteiger partial charge on any atom is 0.328 e. The van der Waals surface area contributed by atoms with E-state index < -0.39 is 11.9 Å². The Morgan fingerprint density at radius 2 is 1.76 bits per heavy atom. The number of carboxylic acid groups (broad SMARTS) is 1. The van der Waals surface area contributed by atoms with Crippen molar-refractivity contribution in [1.82, 2.24) is 0 Å². The van der Waals surface area contributed by atoms with Gasteiger partial charge in [0, 0.05) is 21.1 Å². The van der Waals surface area contributed by atoms with Gasteiger partial charge in [-0.15, -0.1) is 0 Å². The highest BCUT2D eigenvalue weighted by Crippen LogP contribution is 2.32. The van der Waals surface area contributed by atoms with E-state index in [1.54, 1.807) is 0 Å². The zero-order chi connectivity index (χ0) is 13.0. The van der Waals surface area contributed by atoms with Gasteiger partial charge in [0.2, 0.25) is 5.91 Å². The number of hydrogen-bond donors (Lipinski definition) is 2. The molecule has 2 N–H and O–H groups in total. The number of carbonyl (C=O) groups excluding carboxylic acids is 1. The predicted octanol–water partition coefficient (Wildman–Crippen LogP) is 3.10. The lowest BCUT2D eigenvalue weighted by molar-refractivity contribution is -0.131. The molecular weight excluding hydrogens is 354 g/mol. The highest BCUT2D eigenvalue weighted by Gasteiger charge is 2.08. The normalized spacial score (nSPS) is 10.5. The first-order valence-corrected chi connectivity index (χ1v) is 6.16. The molecule has 0 aliphatic heterocycles. The molecule has 1 amide bonds. The van der Waals surface area contributed by atoms with Gasteiger partial charge >= 0.3 is 5.97 Å². The largest absolute Gasteiger partial charge is 0.478 e. The summed E-state index contributed by atoms with van der Waals surface area (Å²) in [5.41, 5.74) is 1.60. The fraction of sp³-hybridized carbons (Fsp3) is 0.0909. The Balaban J connectivity index is 2.89. The zero-order valence-corrected chi connectivity index (χ0v) is 12.0. The number of carbonyl (C=O) groups is 2. The minimum Gasteiger partial charge on any atom is -0.478 e. The molecule has 4 nitrogen and oxygen atoms in total. The SMILES string of the molecule is Cc1cc(Br)c(NC(=O)/C=C/C(=O)O)c(Br)c1. The van der Waals surface area contributed by atoms with E-state index in [1.165, 1.54) is 0 Å². The molecule has 0 heterocycles. The maximum absolute atomic E-state index is 11.4. The molecule has 0 aromatic heterocycles. The first-order valence-electron chi connectivity index (χ1n) is 4.58. The number of carboxylic acids is 1. The van der Waals surface area contributed by atoms with E-state index in [1.807, 2.05) is 19.1 Å². The summed E-state index contributed by atoms with van der Waals surface area (Å²) in [4.78, 5) is 21.7. The van der Waals surface area contributed by atoms with E-state index in [-0.39, 0.29) is 0 Å². The first-order chi connectivity index (χ1) is 7.90. The molecule has 1 aromatic carbocycles. The molecule has 0 aliphatic carbocycles. The van der Waals surface area contributed by atoms with Crippen molar-refractivity contribution in [3.63, 3.8) is 0 Å². The number of anilines is 1. The number of halogens is 2. The summed E-state index contributed by atoms with van der Waals surface area (Å²) in [6.07, 6.45) is 1.74. The van der Waals surface area contributed by atoms with E-state index >= 15 is 0 Å². The summed E-state index contributed by atoms with van der Waals surface area (Å²) < 4.78 is 1.45. The van der Waals surface area contributed by atoms with Crippen LogP contribution in [-0.4, -0.2) is 17.0 Å². The zero-order valence-electron chi connectivity index (χ0n) is 8.83. The van der Waals surface area contributed by atoms with Gasteiger partial charge < -0.3 is 10.4 Å². The van der Waals surface area contributed by atoms with Crippen LogP contribution >= 0.6 is 31.9 Å². The summed E-state index contributed by atoms with van der Waals surface area (Å²) in [7, 11) is 0. The topological polar surface area (TPSA) is 66.4 Å². The van der Waals surface area contributed by atoms with Crippen LogP contribution < -0.4 is 5.32 Å². The van der Waals surface area contributed by atoms with Gasteiger partial charge in [-0.1, -0.05) is 0 Å². The molecule has 0 atom stereocenters. The molecule has 6 heteroatoms. The standard InChI is InChI=1S/C11H9Br2NO3/c1-6-4-7(12)11(8(13)5-6)14-9(15)2-3-10(16)17/h2-5H,1H3,(H,14,15)(H,16,17)/b3-2+. The average Bonchev–Trinajstić information content (AvgIpc) is 2.20. The summed E-state index contributed by atoms with van der Waals surface area (Å²) in [5, 5.41) is 11.0. The fourth-order valence-corrected chi connectivity index (χ4v) is 2.74. The van der Waals surface area contributed by atoms with Crippen LogP contribution in [0.15, 0.2) is 33.2 Å². The second kappa shape index (κ2) is 5.97. The minimum absolute atomic E-state index is 0.502. The van der Waals surface area contributed by atoms with Crippen molar-refractivity contribution in [3.05, 3.63) is 38.8 Å². The Kier molecular flexibility index (Phi) is 4.89. The van der Waals surface area contributed by atoms with Crippen LogP contribution in [0, 0.1) is 6.92 Å². The molecular formula is C11H9Br2NO3. The molecule has 0 bridgehead atoms. The second-order valence-corrected chi connectivity index (χ2v) is 4.97. The summed E-state index contributed by atoms with van der Waals surface area (Å²) >= 11 is 6.64. The number of aryl methyl sites for hydroxylation is 1. The monoisotopic (exact) mass is 361 g/mol. The van der Waals surface area contributed by atoms with E-state index in [0.29, 0.717) is 5.69 Å². The molecule has 90 valence electrons. The third-order valence-electron chi connectivity index (χ3n) is 1.81. The van der Waals surface area contributed by atoms with E-state index in [9.17, 15) is 9.59 Å². The van der Waals surface area contributed by atoms with Gasteiger partial charge in [0.05, 0.1) is 5.69 Å². The number of aliphatic carboxylic acids is 1. The van der Waals surface area contributed by atoms with Crippen molar-refractivity contribution in [2.75, 3.05) is 5.32 Å². The lowest BCUT2D eigenvalue weighted by Crippen LogP contribution is -2.09. The van der Waals surface area contributed by atoms with Gasteiger partial charge in [-0.3, -0.25) is 4.79 Å². The molecule has 0 aliphatic rings. The highest BCUT2D eigenvalue weighted by atomic mass is 79.9. The van der Waals surface area contributed by atoms with Gasteiger partial charge in [0.15, 0.2) is 0 Å². The highest BCUT2D eigenvalue weighted by molar-refractivity contribution is 9.11. The van der Waals surface area contributed by atoms with Gasteiger partial charge in [0.1, 0.15) is 0 Å². The van der Waals surface area contributed by atoms with Crippen LogP contribution in [-0.2, 0) is 9.59 Å². The lowest BCUT2D eigenvalue weighted by Gasteiger charge is -2.08. The molecule has 0 fully saturated rings. The molecule has 0 spiro atoms. The number of rotatable bonds is 3. The van der Waals surface area contributed by atoms with Gasteiger partial charge in [-0.05, 0) is 56.5 Å². The van der Waals surface area contributed by atoms with Crippen molar-refractivity contribution in [2.45, 2.75) is 6.92 Å². The fourth-order valence-electron chi connectivity index (χ4n) is 1.13. The van der Waals surface area contributed by atoms with Crippen molar-refractivity contribution in [3.8, 4) is 0 Å². The lowest BCUT2D eigenvalue weighted by atomic mass is 10.2. The molecule has 0 unspecified atom stereocenters. The van der Waals surface area contributed by atoms with Crippen molar-refractivity contribution >= 4 is 49.4 Å². The number of benzene rings is 1. The Bertz CT molecular complexity index is 474. The number of amides is 1. The van der Waals surface area contributed by atoms with Crippen LogP contribution in [0.5, 0.6) is 0 Å². The third kappa shape index (κ3) is 4.32. The van der Waals surface area contributed by atoms with Crippen LogP contribution in [0.1, 0.15) is 5.56 Å². The molecule has 0 saturated heterocycles. The van der Waals surface area contributed by atoms with E-state index in [4.69, 9.17) is 5.11 Å². The molecule has 17 heavy (non-hydrogen) atoms. The van der Waals surface area contributed by atoms with E-state index in [0.717, 1.165) is 26.7 Å². The average molecular weight is 363 g/mol. The van der Waals surface area contributed by atoms with Crippen LogP contribution in [0.2, 0.25) is 0 Å². The molecule has 0 saturated carbocycles.